The summed E-state index contributed by atoms with van der Waals surface area (Å²) in [5.74, 6) is -0.955. The van der Waals surface area contributed by atoms with Gasteiger partial charge >= 0.3 is 5.97 Å². The molecule has 6 heteroatoms. The normalized spacial score (nSPS) is 10.8. The highest BCUT2D eigenvalue weighted by Crippen LogP contribution is 2.15. The number of aromatic nitrogens is 4. The summed E-state index contributed by atoms with van der Waals surface area (Å²) in [5, 5.41) is 16.9. The molecule has 0 aliphatic rings. The number of aryl methyl sites for hydroxylation is 1. The topological polar surface area (TPSA) is 80.9 Å². The molecule has 6 nitrogen and oxygen atoms in total. The monoisotopic (exact) mass is 254 g/mol. The summed E-state index contributed by atoms with van der Waals surface area (Å²) >= 11 is 0. The average Bonchev–Trinajstić information content (AvgIpc) is 2.81. The van der Waals surface area contributed by atoms with Gasteiger partial charge < -0.3 is 5.11 Å². The molecule has 3 aromatic rings. The third kappa shape index (κ3) is 1.93. The number of carboxylic acids is 1. The van der Waals surface area contributed by atoms with Gasteiger partial charge in [0.05, 0.1) is 11.3 Å². The fourth-order valence-corrected chi connectivity index (χ4v) is 1.84. The van der Waals surface area contributed by atoms with Crippen LogP contribution in [0.4, 0.5) is 0 Å². The number of hydrogen-bond donors (Lipinski definition) is 1. The second-order valence-electron chi connectivity index (χ2n) is 4.21. The summed E-state index contributed by atoms with van der Waals surface area (Å²) in [6, 6.07) is 8.31. The first kappa shape index (κ1) is 11.3. The van der Waals surface area contributed by atoms with Gasteiger partial charge in [-0.2, -0.15) is 4.68 Å². The molecule has 3 rings (SSSR count). The van der Waals surface area contributed by atoms with E-state index in [4.69, 9.17) is 5.11 Å². The van der Waals surface area contributed by atoms with Crippen molar-refractivity contribution in [1.82, 2.24) is 20.0 Å². The van der Waals surface area contributed by atoms with Gasteiger partial charge in [-0.1, -0.05) is 5.21 Å². The Hall–Kier alpha value is -2.76. The molecule has 0 amide bonds. The van der Waals surface area contributed by atoms with Gasteiger partial charge in [0.1, 0.15) is 5.52 Å². The number of rotatable bonds is 2. The molecule has 94 valence electrons. The van der Waals surface area contributed by atoms with E-state index in [1.54, 1.807) is 23.0 Å². The largest absolute Gasteiger partial charge is 0.478 e. The summed E-state index contributed by atoms with van der Waals surface area (Å²) in [6.45, 7) is 1.94. The molecule has 0 unspecified atom stereocenters. The van der Waals surface area contributed by atoms with Gasteiger partial charge in [-0.05, 0) is 42.8 Å². The number of carboxylic acid groups (broad SMARTS) is 1. The maximum absolute atomic E-state index is 10.8. The van der Waals surface area contributed by atoms with Crippen molar-refractivity contribution in [2.45, 2.75) is 6.92 Å². The zero-order valence-corrected chi connectivity index (χ0v) is 10.1. The van der Waals surface area contributed by atoms with Crippen LogP contribution in [0, 0.1) is 6.92 Å². The highest BCUT2D eigenvalue weighted by atomic mass is 16.4. The minimum atomic E-state index is -0.955. The molecule has 0 aliphatic heterocycles. The number of hydrogen-bond acceptors (Lipinski definition) is 4. The van der Waals surface area contributed by atoms with E-state index in [2.05, 4.69) is 15.3 Å². The van der Waals surface area contributed by atoms with Crippen molar-refractivity contribution < 1.29 is 9.90 Å². The highest BCUT2D eigenvalue weighted by molar-refractivity contribution is 5.87. The summed E-state index contributed by atoms with van der Waals surface area (Å²) in [7, 11) is 0. The Morgan fingerprint density at radius 2 is 2.00 bits per heavy atom. The van der Waals surface area contributed by atoms with Crippen molar-refractivity contribution in [3.05, 3.63) is 47.7 Å². The lowest BCUT2D eigenvalue weighted by Gasteiger charge is -2.02. The van der Waals surface area contributed by atoms with Crippen LogP contribution in [0.25, 0.3) is 16.9 Å². The van der Waals surface area contributed by atoms with Crippen LogP contribution in [0.1, 0.15) is 15.9 Å². The van der Waals surface area contributed by atoms with E-state index in [1.807, 2.05) is 13.0 Å². The Balaban J connectivity index is 2.11. The molecular weight excluding hydrogens is 244 g/mol. The van der Waals surface area contributed by atoms with Gasteiger partial charge in [0.2, 0.25) is 0 Å². The van der Waals surface area contributed by atoms with Gasteiger partial charge in [0, 0.05) is 6.20 Å². The van der Waals surface area contributed by atoms with E-state index in [0.29, 0.717) is 11.2 Å². The Kier molecular flexibility index (Phi) is 2.49. The van der Waals surface area contributed by atoms with Crippen molar-refractivity contribution in [2.24, 2.45) is 0 Å². The standard InChI is InChI=1S/C13H10N4O2/c1-8-6-11-12(14-7-8)17(16-15-11)10-4-2-9(3-5-10)13(18)19/h2-7H,1H3,(H,18,19). The minimum Gasteiger partial charge on any atom is -0.478 e. The molecule has 0 fully saturated rings. The first-order valence-electron chi connectivity index (χ1n) is 5.67. The number of nitrogens with zero attached hydrogens (tertiary/aromatic N) is 4. The van der Waals surface area contributed by atoms with Crippen LogP contribution < -0.4 is 0 Å². The van der Waals surface area contributed by atoms with Gasteiger partial charge in [0.25, 0.3) is 0 Å². The molecule has 2 heterocycles. The van der Waals surface area contributed by atoms with Gasteiger partial charge in [0.15, 0.2) is 5.65 Å². The second-order valence-corrected chi connectivity index (χ2v) is 4.21. The lowest BCUT2D eigenvalue weighted by atomic mass is 10.2. The fourth-order valence-electron chi connectivity index (χ4n) is 1.84. The molecule has 0 saturated heterocycles. The predicted octanol–water partition coefficient (Wildman–Crippen LogP) is 1.82. The van der Waals surface area contributed by atoms with Gasteiger partial charge in [-0.3, -0.25) is 0 Å². The minimum absolute atomic E-state index is 0.233. The smallest absolute Gasteiger partial charge is 0.335 e. The van der Waals surface area contributed by atoms with E-state index in [-0.39, 0.29) is 5.56 Å². The molecule has 19 heavy (non-hydrogen) atoms. The summed E-state index contributed by atoms with van der Waals surface area (Å²) in [6.07, 6.45) is 1.74. The molecular formula is C13H10N4O2. The van der Waals surface area contributed by atoms with E-state index in [0.717, 1.165) is 11.3 Å². The van der Waals surface area contributed by atoms with Crippen LogP contribution in [0.3, 0.4) is 0 Å². The lowest BCUT2D eigenvalue weighted by molar-refractivity contribution is 0.0697. The number of benzene rings is 1. The van der Waals surface area contributed by atoms with E-state index in [1.165, 1.54) is 12.1 Å². The predicted molar refractivity (Wildman–Crippen MR) is 68.4 cm³/mol. The fraction of sp³-hybridized carbons (Fsp3) is 0.0769. The number of pyridine rings is 1. The summed E-state index contributed by atoms with van der Waals surface area (Å²) in [4.78, 5) is 15.1. The molecule has 0 bridgehead atoms. The maximum Gasteiger partial charge on any atom is 0.335 e. The third-order valence-corrected chi connectivity index (χ3v) is 2.79. The quantitative estimate of drug-likeness (QED) is 0.754. The molecule has 1 N–H and O–H groups in total. The van der Waals surface area contributed by atoms with Crippen LogP contribution in [0.5, 0.6) is 0 Å². The first-order valence-corrected chi connectivity index (χ1v) is 5.67. The van der Waals surface area contributed by atoms with Gasteiger partial charge in [-0.15, -0.1) is 5.10 Å². The van der Waals surface area contributed by atoms with Crippen molar-refractivity contribution in [3.63, 3.8) is 0 Å². The molecule has 0 aliphatic carbocycles. The zero-order chi connectivity index (χ0) is 13.4. The Morgan fingerprint density at radius 3 is 2.68 bits per heavy atom. The maximum atomic E-state index is 10.8. The van der Waals surface area contributed by atoms with E-state index >= 15 is 0 Å². The number of fused-ring (bicyclic) bond motifs is 1. The first-order chi connectivity index (χ1) is 9.15. The Labute approximate surface area is 108 Å². The molecule has 1 aromatic carbocycles. The van der Waals surface area contributed by atoms with Crippen molar-refractivity contribution in [2.75, 3.05) is 0 Å². The van der Waals surface area contributed by atoms with Gasteiger partial charge in [-0.25, -0.2) is 9.78 Å². The third-order valence-electron chi connectivity index (χ3n) is 2.79. The lowest BCUT2D eigenvalue weighted by Crippen LogP contribution is -2.00. The Morgan fingerprint density at radius 1 is 1.26 bits per heavy atom. The van der Waals surface area contributed by atoms with E-state index < -0.39 is 5.97 Å². The molecule has 0 atom stereocenters. The van der Waals surface area contributed by atoms with Crippen LogP contribution in [0.15, 0.2) is 36.5 Å². The van der Waals surface area contributed by atoms with Crippen molar-refractivity contribution in [3.8, 4) is 5.69 Å². The van der Waals surface area contributed by atoms with E-state index in [9.17, 15) is 4.79 Å². The second kappa shape index (κ2) is 4.16. The molecule has 2 aromatic heterocycles. The summed E-state index contributed by atoms with van der Waals surface area (Å²) in [5.41, 5.74) is 3.33. The van der Waals surface area contributed by atoms with Crippen molar-refractivity contribution >= 4 is 17.1 Å². The zero-order valence-electron chi connectivity index (χ0n) is 10.1. The van der Waals surface area contributed by atoms with Crippen LogP contribution in [-0.4, -0.2) is 31.1 Å². The molecule has 0 saturated carbocycles. The molecule has 0 radical (unpaired) electrons. The Bertz CT molecular complexity index is 762. The SMILES string of the molecule is Cc1cnc2c(c1)nnn2-c1ccc(C(=O)O)cc1. The number of aromatic carboxylic acids is 1. The number of carbonyl (C=O) groups is 1. The summed E-state index contributed by atoms with van der Waals surface area (Å²) < 4.78 is 1.58. The van der Waals surface area contributed by atoms with Crippen LogP contribution in [-0.2, 0) is 0 Å². The highest BCUT2D eigenvalue weighted by Gasteiger charge is 2.09. The average molecular weight is 254 g/mol. The van der Waals surface area contributed by atoms with Crippen LogP contribution >= 0.6 is 0 Å². The van der Waals surface area contributed by atoms with Crippen molar-refractivity contribution in [1.29, 1.82) is 0 Å². The van der Waals surface area contributed by atoms with Crippen LogP contribution in [0.2, 0.25) is 0 Å². The molecule has 0 spiro atoms.